The minimum atomic E-state index is -4.42. The monoisotopic (exact) mass is 472 g/mol. The Kier molecular flexibility index (Phi) is 7.65. The summed E-state index contributed by atoms with van der Waals surface area (Å²) in [7, 11) is 0. The van der Waals surface area contributed by atoms with E-state index in [4.69, 9.17) is 11.6 Å². The molecule has 1 unspecified atom stereocenters. The van der Waals surface area contributed by atoms with Gasteiger partial charge in [-0.15, -0.1) is 0 Å². The summed E-state index contributed by atoms with van der Waals surface area (Å²) in [5.41, 5.74) is 2.80. The number of alkyl halides is 3. The van der Waals surface area contributed by atoms with Crippen LogP contribution in [-0.2, 0) is 11.0 Å². The summed E-state index contributed by atoms with van der Waals surface area (Å²) in [5, 5.41) is 10.5. The molecule has 0 bridgehead atoms. The van der Waals surface area contributed by atoms with Crippen molar-refractivity contribution >= 4 is 29.7 Å². The summed E-state index contributed by atoms with van der Waals surface area (Å²) >= 11 is 5.93. The highest BCUT2D eigenvalue weighted by Crippen LogP contribution is 2.34. The van der Waals surface area contributed by atoms with E-state index in [-0.39, 0.29) is 5.92 Å². The van der Waals surface area contributed by atoms with E-state index in [1.807, 2.05) is 50.3 Å². The first-order chi connectivity index (χ1) is 15.5. The fourth-order valence-corrected chi connectivity index (χ4v) is 3.74. The van der Waals surface area contributed by atoms with E-state index in [1.165, 1.54) is 12.1 Å². The first-order valence-electron chi connectivity index (χ1n) is 10.5. The summed E-state index contributed by atoms with van der Waals surface area (Å²) < 4.78 is 38.9. The van der Waals surface area contributed by atoms with Crippen LogP contribution >= 0.6 is 11.6 Å². The number of carbonyl (C=O) groups is 1. The number of hydrogen-bond acceptors (Lipinski definition) is 1. The van der Waals surface area contributed by atoms with Crippen molar-refractivity contribution in [2.24, 2.45) is 5.92 Å². The van der Waals surface area contributed by atoms with E-state index in [0.717, 1.165) is 23.3 Å². The van der Waals surface area contributed by atoms with Crippen LogP contribution in [0.5, 0.6) is 0 Å². The Morgan fingerprint density at radius 2 is 1.52 bits per heavy atom. The normalized spacial score (nSPS) is 12.9. The Hall–Kier alpha value is -3.05. The third-order valence-electron chi connectivity index (χ3n) is 5.27. The van der Waals surface area contributed by atoms with E-state index >= 15 is 0 Å². The molecular weight excluding hydrogens is 449 g/mol. The lowest BCUT2D eigenvalue weighted by Crippen LogP contribution is -2.14. The van der Waals surface area contributed by atoms with E-state index < -0.39 is 23.6 Å². The molecule has 0 aliphatic heterocycles. The molecular formula is C27H24ClF3O2. The molecule has 1 atom stereocenters. The molecule has 6 heteroatoms. The van der Waals surface area contributed by atoms with E-state index in [9.17, 15) is 23.1 Å². The number of rotatable bonds is 7. The molecule has 0 aliphatic carbocycles. The van der Waals surface area contributed by atoms with E-state index in [2.05, 4.69) is 0 Å². The van der Waals surface area contributed by atoms with Gasteiger partial charge >= 0.3 is 12.1 Å². The van der Waals surface area contributed by atoms with Crippen molar-refractivity contribution in [3.8, 4) is 11.1 Å². The second-order valence-electron chi connectivity index (χ2n) is 8.37. The Bertz CT molecular complexity index is 1130. The highest BCUT2D eigenvalue weighted by Gasteiger charge is 2.30. The van der Waals surface area contributed by atoms with Crippen LogP contribution in [0.2, 0.25) is 5.02 Å². The van der Waals surface area contributed by atoms with Gasteiger partial charge in [0.05, 0.1) is 11.5 Å². The van der Waals surface area contributed by atoms with Crippen LogP contribution in [0.15, 0.2) is 66.7 Å². The van der Waals surface area contributed by atoms with Gasteiger partial charge < -0.3 is 5.11 Å². The first kappa shape index (κ1) is 24.6. The van der Waals surface area contributed by atoms with Crippen molar-refractivity contribution in [2.45, 2.75) is 32.4 Å². The molecule has 3 aromatic rings. The molecule has 0 saturated heterocycles. The number of carboxylic acid groups (broad SMARTS) is 1. The quantitative estimate of drug-likeness (QED) is 0.350. The molecule has 1 N–H and O–H groups in total. The van der Waals surface area contributed by atoms with Crippen molar-refractivity contribution < 1.29 is 23.1 Å². The van der Waals surface area contributed by atoms with Crippen molar-refractivity contribution in [3.05, 3.63) is 94.0 Å². The highest BCUT2D eigenvalue weighted by molar-refractivity contribution is 6.30. The van der Waals surface area contributed by atoms with Crippen LogP contribution in [-0.4, -0.2) is 11.1 Å². The first-order valence-corrected chi connectivity index (χ1v) is 10.9. The van der Waals surface area contributed by atoms with Crippen LogP contribution in [0.4, 0.5) is 13.2 Å². The average molecular weight is 473 g/mol. The van der Waals surface area contributed by atoms with Gasteiger partial charge in [-0.1, -0.05) is 74.0 Å². The van der Waals surface area contributed by atoms with Crippen molar-refractivity contribution in [1.29, 1.82) is 0 Å². The SMILES string of the molecule is CC(C)CC(C(=O)O)c1cc(C=Cc2ccc(Cl)cc2)cc(-c2ccc(C(F)(F)F)cc2)c1. The Morgan fingerprint density at radius 3 is 2.06 bits per heavy atom. The zero-order chi connectivity index (χ0) is 24.2. The van der Waals surface area contributed by atoms with Crippen molar-refractivity contribution in [2.75, 3.05) is 0 Å². The average Bonchev–Trinajstić information content (AvgIpc) is 2.76. The number of benzene rings is 3. The lowest BCUT2D eigenvalue weighted by atomic mass is 9.87. The van der Waals surface area contributed by atoms with Crippen LogP contribution in [0.3, 0.4) is 0 Å². The molecule has 2 nitrogen and oxygen atoms in total. The molecule has 0 heterocycles. The highest BCUT2D eigenvalue weighted by atomic mass is 35.5. The summed E-state index contributed by atoms with van der Waals surface area (Å²) in [6.45, 7) is 3.91. The predicted molar refractivity (Wildman–Crippen MR) is 127 cm³/mol. The van der Waals surface area contributed by atoms with Gasteiger partial charge in [0.1, 0.15) is 0 Å². The molecule has 0 spiro atoms. The Balaban J connectivity index is 2.06. The van der Waals surface area contributed by atoms with E-state index in [1.54, 1.807) is 18.2 Å². The minimum Gasteiger partial charge on any atom is -0.481 e. The summed E-state index contributed by atoms with van der Waals surface area (Å²) in [6, 6.07) is 17.6. The summed E-state index contributed by atoms with van der Waals surface area (Å²) in [4.78, 5) is 12.0. The lowest BCUT2D eigenvalue weighted by molar-refractivity contribution is -0.139. The zero-order valence-corrected chi connectivity index (χ0v) is 19.0. The maximum absolute atomic E-state index is 13.0. The molecule has 0 aliphatic rings. The van der Waals surface area contributed by atoms with Crippen LogP contribution in [0.1, 0.15) is 48.4 Å². The van der Waals surface area contributed by atoms with Gasteiger partial charge in [-0.3, -0.25) is 4.79 Å². The van der Waals surface area contributed by atoms with Crippen LogP contribution < -0.4 is 0 Å². The number of halogens is 4. The molecule has 0 radical (unpaired) electrons. The van der Waals surface area contributed by atoms with Crippen molar-refractivity contribution in [1.82, 2.24) is 0 Å². The fourth-order valence-electron chi connectivity index (χ4n) is 3.61. The maximum atomic E-state index is 13.0. The molecule has 0 amide bonds. The molecule has 3 rings (SSSR count). The number of aliphatic carboxylic acids is 1. The van der Waals surface area contributed by atoms with Gasteiger partial charge in [0.2, 0.25) is 0 Å². The molecule has 33 heavy (non-hydrogen) atoms. The maximum Gasteiger partial charge on any atom is 0.416 e. The van der Waals surface area contributed by atoms with Crippen molar-refractivity contribution in [3.63, 3.8) is 0 Å². The second-order valence-corrected chi connectivity index (χ2v) is 8.81. The number of carboxylic acids is 1. The van der Waals surface area contributed by atoms with Gasteiger partial charge in [0, 0.05) is 5.02 Å². The standard InChI is InChI=1S/C27H24ClF3O2/c1-17(2)13-25(26(32)33)22-15-19(4-3-18-5-11-24(28)12-6-18)14-21(16-22)20-7-9-23(10-8-20)27(29,30)31/h3-12,14-17,25H,13H2,1-2H3,(H,32,33). The Morgan fingerprint density at radius 1 is 0.909 bits per heavy atom. The topological polar surface area (TPSA) is 37.3 Å². The van der Waals surface area contributed by atoms with Gasteiger partial charge in [0.15, 0.2) is 0 Å². The minimum absolute atomic E-state index is 0.161. The second kappa shape index (κ2) is 10.3. The van der Waals surface area contributed by atoms with Gasteiger partial charge in [-0.05, 0) is 70.5 Å². The van der Waals surface area contributed by atoms with Gasteiger partial charge in [0.25, 0.3) is 0 Å². The molecule has 0 fully saturated rings. The van der Waals surface area contributed by atoms with Gasteiger partial charge in [-0.2, -0.15) is 13.2 Å². The smallest absolute Gasteiger partial charge is 0.416 e. The third-order valence-corrected chi connectivity index (χ3v) is 5.52. The molecule has 3 aromatic carbocycles. The van der Waals surface area contributed by atoms with Gasteiger partial charge in [-0.25, -0.2) is 0 Å². The Labute approximate surface area is 196 Å². The third kappa shape index (κ3) is 6.72. The van der Waals surface area contributed by atoms with Crippen LogP contribution in [0.25, 0.3) is 23.3 Å². The predicted octanol–water partition coefficient (Wildman–Crippen LogP) is 8.41. The van der Waals surface area contributed by atoms with Crippen LogP contribution in [0, 0.1) is 5.92 Å². The summed E-state index contributed by atoms with van der Waals surface area (Å²) in [6.07, 6.45) is -0.233. The molecule has 172 valence electrons. The number of hydrogen-bond donors (Lipinski definition) is 1. The fraction of sp³-hybridized carbons (Fsp3) is 0.222. The largest absolute Gasteiger partial charge is 0.481 e. The lowest BCUT2D eigenvalue weighted by Gasteiger charge is -2.17. The zero-order valence-electron chi connectivity index (χ0n) is 18.2. The molecule has 0 saturated carbocycles. The summed E-state index contributed by atoms with van der Waals surface area (Å²) in [5.74, 6) is -1.49. The van der Waals surface area contributed by atoms with E-state index in [0.29, 0.717) is 28.1 Å². The molecule has 0 aromatic heterocycles.